The van der Waals surface area contributed by atoms with Crippen molar-refractivity contribution in [3.05, 3.63) is 78.0 Å². The minimum absolute atomic E-state index is 0.0426. The van der Waals surface area contributed by atoms with Gasteiger partial charge in [-0.3, -0.25) is 0 Å². The monoisotopic (exact) mass is 492 g/mol. The number of nitrogens with zero attached hydrogens (tertiary/aromatic N) is 5. The molecule has 0 aliphatic heterocycles. The first kappa shape index (κ1) is 23.5. The number of nitrogens with one attached hydrogen (secondary N) is 1. The summed E-state index contributed by atoms with van der Waals surface area (Å²) in [6.07, 6.45) is 2.33. The SMILES string of the molecule is CC(C)Oc1ncccc1-c1ncc2[nH]cc(Cc3ccc(-c4nc(C(F)(F)F)cn4C)cc3)c2n1. The molecule has 0 spiro atoms. The molecule has 0 saturated heterocycles. The van der Waals surface area contributed by atoms with E-state index >= 15 is 0 Å². The van der Waals surface area contributed by atoms with Crippen molar-refractivity contribution in [2.24, 2.45) is 7.05 Å². The van der Waals surface area contributed by atoms with Crippen LogP contribution in [0.4, 0.5) is 13.2 Å². The fourth-order valence-corrected chi connectivity index (χ4v) is 3.97. The van der Waals surface area contributed by atoms with Crippen molar-refractivity contribution < 1.29 is 17.9 Å². The first-order valence-corrected chi connectivity index (χ1v) is 11.3. The number of pyridine rings is 1. The Hall–Kier alpha value is -4.21. The van der Waals surface area contributed by atoms with Crippen LogP contribution in [0.2, 0.25) is 0 Å². The van der Waals surface area contributed by atoms with E-state index in [2.05, 4.69) is 19.9 Å². The van der Waals surface area contributed by atoms with E-state index in [1.165, 1.54) is 4.57 Å². The lowest BCUT2D eigenvalue weighted by molar-refractivity contribution is -0.140. The Morgan fingerprint density at radius 1 is 1.06 bits per heavy atom. The molecule has 0 bridgehead atoms. The standard InChI is InChI=1S/C26H23F3N6O/c1-15(2)36-25-19(5-4-10-30-25)23-32-13-20-22(34-23)18(12-31-20)11-16-6-8-17(9-7-16)24-33-21(14-35(24)3)26(27,28)29/h4-10,12-15,31H,11H2,1-3H3. The number of aromatic amines is 1. The summed E-state index contributed by atoms with van der Waals surface area (Å²) in [7, 11) is 1.55. The topological polar surface area (TPSA) is 81.5 Å². The molecule has 7 nitrogen and oxygen atoms in total. The van der Waals surface area contributed by atoms with Gasteiger partial charge in [0.1, 0.15) is 5.82 Å². The van der Waals surface area contributed by atoms with Gasteiger partial charge in [0.2, 0.25) is 5.88 Å². The molecule has 5 aromatic rings. The summed E-state index contributed by atoms with van der Waals surface area (Å²) in [6, 6.07) is 11.0. The largest absolute Gasteiger partial charge is 0.474 e. The molecule has 5 rings (SSSR count). The van der Waals surface area contributed by atoms with E-state index in [-0.39, 0.29) is 11.9 Å². The number of benzene rings is 1. The van der Waals surface area contributed by atoms with Gasteiger partial charge in [0, 0.05) is 43.2 Å². The van der Waals surface area contributed by atoms with E-state index in [1.807, 2.05) is 44.3 Å². The molecule has 0 amide bonds. The van der Waals surface area contributed by atoms with Gasteiger partial charge < -0.3 is 14.3 Å². The lowest BCUT2D eigenvalue weighted by Gasteiger charge is -2.12. The number of H-pyrrole nitrogens is 1. The molecule has 184 valence electrons. The van der Waals surface area contributed by atoms with Gasteiger partial charge in [0.15, 0.2) is 11.5 Å². The third-order valence-corrected chi connectivity index (χ3v) is 5.63. The van der Waals surface area contributed by atoms with Gasteiger partial charge in [0.25, 0.3) is 0 Å². The maximum Gasteiger partial charge on any atom is 0.434 e. The molecule has 1 aromatic carbocycles. The molecule has 4 aromatic heterocycles. The number of hydrogen-bond acceptors (Lipinski definition) is 5. The molecule has 0 aliphatic rings. The molecule has 10 heteroatoms. The third kappa shape index (κ3) is 4.66. The molecule has 0 saturated carbocycles. The fraction of sp³-hybridized carbons (Fsp3) is 0.231. The van der Waals surface area contributed by atoms with Gasteiger partial charge in [-0.25, -0.2) is 19.9 Å². The molecule has 0 fully saturated rings. The molecule has 36 heavy (non-hydrogen) atoms. The molecule has 0 radical (unpaired) electrons. The summed E-state index contributed by atoms with van der Waals surface area (Å²) in [5.74, 6) is 1.24. The van der Waals surface area contributed by atoms with Crippen molar-refractivity contribution in [1.29, 1.82) is 0 Å². The second-order valence-corrected chi connectivity index (χ2v) is 8.72. The van der Waals surface area contributed by atoms with Gasteiger partial charge in [-0.2, -0.15) is 13.2 Å². The number of fused-ring (bicyclic) bond motifs is 1. The normalized spacial score (nSPS) is 12.0. The van der Waals surface area contributed by atoms with Crippen molar-refractivity contribution in [2.75, 3.05) is 0 Å². The van der Waals surface area contributed by atoms with Crippen molar-refractivity contribution in [3.63, 3.8) is 0 Å². The first-order valence-electron chi connectivity index (χ1n) is 11.3. The van der Waals surface area contributed by atoms with Crippen LogP contribution in [0.15, 0.2) is 61.2 Å². The number of halogens is 3. The van der Waals surface area contributed by atoms with Crippen LogP contribution in [-0.2, 0) is 19.6 Å². The number of alkyl halides is 3. The van der Waals surface area contributed by atoms with E-state index in [1.54, 1.807) is 31.6 Å². The number of rotatable bonds is 6. The highest BCUT2D eigenvalue weighted by molar-refractivity contribution is 5.81. The highest BCUT2D eigenvalue weighted by atomic mass is 19.4. The van der Waals surface area contributed by atoms with Crippen LogP contribution in [0.5, 0.6) is 5.88 Å². The number of ether oxygens (including phenoxy) is 1. The maximum atomic E-state index is 13.0. The summed E-state index contributed by atoms with van der Waals surface area (Å²) in [5.41, 5.74) is 3.93. The van der Waals surface area contributed by atoms with Crippen molar-refractivity contribution in [1.82, 2.24) is 29.5 Å². The lowest BCUT2D eigenvalue weighted by Crippen LogP contribution is -2.08. The third-order valence-electron chi connectivity index (χ3n) is 5.63. The Labute approximate surface area is 205 Å². The minimum Gasteiger partial charge on any atom is -0.474 e. The lowest BCUT2D eigenvalue weighted by atomic mass is 10.0. The average Bonchev–Trinajstić information content (AvgIpc) is 3.43. The van der Waals surface area contributed by atoms with Crippen LogP contribution in [0, 0.1) is 0 Å². The molecule has 4 heterocycles. The second-order valence-electron chi connectivity index (χ2n) is 8.72. The summed E-state index contributed by atoms with van der Waals surface area (Å²) in [4.78, 5) is 20.6. The Bertz CT molecular complexity index is 1520. The van der Waals surface area contributed by atoms with Gasteiger partial charge in [0.05, 0.1) is 28.9 Å². The van der Waals surface area contributed by atoms with Gasteiger partial charge in [-0.1, -0.05) is 24.3 Å². The number of imidazole rings is 1. The quantitative estimate of drug-likeness (QED) is 0.323. The molecular formula is C26H23F3N6O. The molecular weight excluding hydrogens is 469 g/mol. The first-order chi connectivity index (χ1) is 17.2. The zero-order valence-electron chi connectivity index (χ0n) is 19.8. The van der Waals surface area contributed by atoms with Crippen molar-refractivity contribution >= 4 is 11.0 Å². The number of aromatic nitrogens is 6. The molecule has 0 aliphatic carbocycles. The maximum absolute atomic E-state index is 13.0. The van der Waals surface area contributed by atoms with Crippen LogP contribution in [0.1, 0.15) is 30.7 Å². The van der Waals surface area contributed by atoms with Crippen LogP contribution in [0.3, 0.4) is 0 Å². The fourth-order valence-electron chi connectivity index (χ4n) is 3.97. The molecule has 1 N–H and O–H groups in total. The van der Waals surface area contributed by atoms with Crippen LogP contribution >= 0.6 is 0 Å². The zero-order chi connectivity index (χ0) is 25.4. The van der Waals surface area contributed by atoms with E-state index in [9.17, 15) is 13.2 Å². The van der Waals surface area contributed by atoms with Gasteiger partial charge >= 0.3 is 6.18 Å². The predicted molar refractivity (Wildman–Crippen MR) is 129 cm³/mol. The Kier molecular flexibility index (Phi) is 5.95. The summed E-state index contributed by atoms with van der Waals surface area (Å²) in [6.45, 7) is 3.86. The Morgan fingerprint density at radius 2 is 1.83 bits per heavy atom. The van der Waals surface area contributed by atoms with E-state index in [0.29, 0.717) is 29.3 Å². The van der Waals surface area contributed by atoms with Crippen molar-refractivity contribution in [3.8, 4) is 28.7 Å². The van der Waals surface area contributed by atoms with Gasteiger partial charge in [-0.15, -0.1) is 0 Å². The minimum atomic E-state index is -4.48. The zero-order valence-corrected chi connectivity index (χ0v) is 19.8. The van der Waals surface area contributed by atoms with E-state index < -0.39 is 11.9 Å². The summed E-state index contributed by atoms with van der Waals surface area (Å²) >= 11 is 0. The smallest absolute Gasteiger partial charge is 0.434 e. The summed E-state index contributed by atoms with van der Waals surface area (Å²) in [5, 5.41) is 0. The van der Waals surface area contributed by atoms with Crippen LogP contribution < -0.4 is 4.74 Å². The van der Waals surface area contributed by atoms with Gasteiger partial charge in [-0.05, 0) is 31.5 Å². The van der Waals surface area contributed by atoms with Crippen molar-refractivity contribution in [2.45, 2.75) is 32.5 Å². The average molecular weight is 493 g/mol. The second kappa shape index (κ2) is 9.10. The highest BCUT2D eigenvalue weighted by Crippen LogP contribution is 2.31. The predicted octanol–water partition coefficient (Wildman–Crippen LogP) is 5.82. The molecule has 0 unspecified atom stereocenters. The van der Waals surface area contributed by atoms with E-state index in [0.717, 1.165) is 28.4 Å². The Morgan fingerprint density at radius 3 is 2.53 bits per heavy atom. The number of aryl methyl sites for hydroxylation is 1. The number of hydrogen-bond donors (Lipinski definition) is 1. The highest BCUT2D eigenvalue weighted by Gasteiger charge is 2.34. The molecule has 0 atom stereocenters. The van der Waals surface area contributed by atoms with Crippen LogP contribution in [0.25, 0.3) is 33.8 Å². The Balaban J connectivity index is 1.42. The van der Waals surface area contributed by atoms with E-state index in [4.69, 9.17) is 9.72 Å². The summed E-state index contributed by atoms with van der Waals surface area (Å²) < 4.78 is 46.3. The van der Waals surface area contributed by atoms with Crippen LogP contribution in [-0.4, -0.2) is 35.6 Å².